The molecule has 2 nitrogen and oxygen atoms in total. The molecule has 1 aliphatic rings. The summed E-state index contributed by atoms with van der Waals surface area (Å²) in [5.74, 6) is -2.11. The zero-order valence-electron chi connectivity index (χ0n) is 9.42. The van der Waals surface area contributed by atoms with Crippen LogP contribution in [0.1, 0.15) is 29.6 Å². The van der Waals surface area contributed by atoms with Crippen LogP contribution < -0.4 is 0 Å². The van der Waals surface area contributed by atoms with Gasteiger partial charge in [0, 0.05) is 19.6 Å². The van der Waals surface area contributed by atoms with Crippen molar-refractivity contribution in [2.75, 3.05) is 13.2 Å². The molecular weight excluding hydrogens is 226 g/mol. The van der Waals surface area contributed by atoms with Gasteiger partial charge in [-0.1, -0.05) is 6.07 Å². The second kappa shape index (κ2) is 5.36. The highest BCUT2D eigenvalue weighted by atomic mass is 19.2. The lowest BCUT2D eigenvalue weighted by molar-refractivity contribution is 0.0599. The van der Waals surface area contributed by atoms with Gasteiger partial charge in [0.05, 0.1) is 5.56 Å². The van der Waals surface area contributed by atoms with Crippen LogP contribution in [-0.2, 0) is 4.74 Å². The molecule has 0 radical (unpaired) electrons. The molecule has 0 atom stereocenters. The first-order chi connectivity index (χ1) is 8.18. The zero-order valence-corrected chi connectivity index (χ0v) is 9.42. The number of hydrogen-bond acceptors (Lipinski definition) is 2. The van der Waals surface area contributed by atoms with Crippen LogP contribution in [0.25, 0.3) is 0 Å². The van der Waals surface area contributed by atoms with E-state index in [1.807, 2.05) is 0 Å². The molecule has 0 bridgehead atoms. The maximum atomic E-state index is 13.4. The number of rotatable bonds is 3. The van der Waals surface area contributed by atoms with E-state index in [0.29, 0.717) is 13.2 Å². The molecule has 0 aromatic heterocycles. The van der Waals surface area contributed by atoms with Crippen LogP contribution in [0, 0.1) is 17.6 Å². The van der Waals surface area contributed by atoms with Crippen LogP contribution in [0.4, 0.5) is 8.78 Å². The Kier molecular flexibility index (Phi) is 3.84. The third-order valence-electron chi connectivity index (χ3n) is 3.07. The van der Waals surface area contributed by atoms with E-state index < -0.39 is 11.6 Å². The van der Waals surface area contributed by atoms with Gasteiger partial charge in [-0.3, -0.25) is 4.79 Å². The summed E-state index contributed by atoms with van der Waals surface area (Å²) in [6, 6.07) is 3.70. The van der Waals surface area contributed by atoms with E-state index in [-0.39, 0.29) is 23.7 Å². The zero-order chi connectivity index (χ0) is 12.3. The molecule has 17 heavy (non-hydrogen) atoms. The van der Waals surface area contributed by atoms with Gasteiger partial charge in [-0.25, -0.2) is 8.78 Å². The quantitative estimate of drug-likeness (QED) is 0.759. The Bertz CT molecular complexity index is 412. The largest absolute Gasteiger partial charge is 0.381 e. The van der Waals surface area contributed by atoms with Crippen molar-refractivity contribution in [3.8, 4) is 0 Å². The predicted octanol–water partition coefficient (Wildman–Crippen LogP) is 2.96. The highest BCUT2D eigenvalue weighted by Gasteiger charge is 2.21. The summed E-state index contributed by atoms with van der Waals surface area (Å²) in [4.78, 5) is 11.8. The van der Waals surface area contributed by atoms with Gasteiger partial charge in [-0.05, 0) is 30.9 Å². The standard InChI is InChI=1S/C13H14F2O2/c14-11-3-1-2-10(13(11)15)12(16)8-9-4-6-17-7-5-9/h1-3,9H,4-8H2. The molecule has 1 fully saturated rings. The van der Waals surface area contributed by atoms with Gasteiger partial charge in [0.15, 0.2) is 17.4 Å². The number of carbonyl (C=O) groups is 1. The lowest BCUT2D eigenvalue weighted by atomic mass is 9.92. The molecule has 2 rings (SSSR count). The summed E-state index contributed by atoms with van der Waals surface area (Å²) < 4.78 is 31.5. The van der Waals surface area contributed by atoms with Crippen molar-refractivity contribution in [1.29, 1.82) is 0 Å². The molecule has 0 N–H and O–H groups in total. The van der Waals surface area contributed by atoms with Gasteiger partial charge < -0.3 is 4.74 Å². The van der Waals surface area contributed by atoms with Gasteiger partial charge in [-0.15, -0.1) is 0 Å². The monoisotopic (exact) mass is 240 g/mol. The second-order valence-corrected chi connectivity index (χ2v) is 4.28. The normalized spacial score (nSPS) is 17.1. The van der Waals surface area contributed by atoms with Gasteiger partial charge in [-0.2, -0.15) is 0 Å². The molecule has 1 saturated heterocycles. The number of Topliss-reactive ketones (excluding diaryl/α,β-unsaturated/α-hetero) is 1. The molecule has 1 aliphatic heterocycles. The van der Waals surface area contributed by atoms with Crippen molar-refractivity contribution in [2.45, 2.75) is 19.3 Å². The first kappa shape index (κ1) is 12.2. The van der Waals surface area contributed by atoms with E-state index in [1.165, 1.54) is 12.1 Å². The minimum absolute atomic E-state index is 0.142. The van der Waals surface area contributed by atoms with Crippen molar-refractivity contribution < 1.29 is 18.3 Å². The molecule has 1 aromatic carbocycles. The highest BCUT2D eigenvalue weighted by molar-refractivity contribution is 5.96. The third kappa shape index (κ3) is 2.88. The molecule has 1 heterocycles. The molecular formula is C13H14F2O2. The molecule has 0 aliphatic carbocycles. The van der Waals surface area contributed by atoms with E-state index in [0.717, 1.165) is 18.9 Å². The fourth-order valence-electron chi connectivity index (χ4n) is 2.04. The molecule has 0 unspecified atom stereocenters. The van der Waals surface area contributed by atoms with Crippen molar-refractivity contribution in [3.63, 3.8) is 0 Å². The van der Waals surface area contributed by atoms with Crippen LogP contribution in [0.2, 0.25) is 0 Å². The van der Waals surface area contributed by atoms with Crippen LogP contribution >= 0.6 is 0 Å². The fraction of sp³-hybridized carbons (Fsp3) is 0.462. The minimum Gasteiger partial charge on any atom is -0.381 e. The van der Waals surface area contributed by atoms with E-state index in [1.54, 1.807) is 0 Å². The SMILES string of the molecule is O=C(CC1CCOCC1)c1cccc(F)c1F. The predicted molar refractivity (Wildman–Crippen MR) is 58.8 cm³/mol. The summed E-state index contributed by atoms with van der Waals surface area (Å²) in [5.41, 5.74) is -0.142. The van der Waals surface area contributed by atoms with Crippen molar-refractivity contribution in [2.24, 2.45) is 5.92 Å². The van der Waals surface area contributed by atoms with E-state index >= 15 is 0 Å². The lowest BCUT2D eigenvalue weighted by Gasteiger charge is -2.21. The molecule has 4 heteroatoms. The number of ether oxygens (including phenoxy) is 1. The van der Waals surface area contributed by atoms with Crippen LogP contribution in [0.15, 0.2) is 18.2 Å². The van der Waals surface area contributed by atoms with Crippen LogP contribution in [-0.4, -0.2) is 19.0 Å². The van der Waals surface area contributed by atoms with E-state index in [9.17, 15) is 13.6 Å². The maximum absolute atomic E-state index is 13.4. The molecule has 0 saturated carbocycles. The smallest absolute Gasteiger partial charge is 0.169 e. The van der Waals surface area contributed by atoms with Gasteiger partial charge >= 0.3 is 0 Å². The average Bonchev–Trinajstić information content (AvgIpc) is 2.34. The number of ketones is 1. The Balaban J connectivity index is 2.06. The van der Waals surface area contributed by atoms with E-state index in [2.05, 4.69) is 0 Å². The topological polar surface area (TPSA) is 26.3 Å². The van der Waals surface area contributed by atoms with Gasteiger partial charge in [0.1, 0.15) is 0 Å². The first-order valence-electron chi connectivity index (χ1n) is 5.73. The summed E-state index contributed by atoms with van der Waals surface area (Å²) in [6.45, 7) is 1.28. The van der Waals surface area contributed by atoms with Crippen molar-refractivity contribution in [3.05, 3.63) is 35.4 Å². The molecule has 92 valence electrons. The van der Waals surface area contributed by atoms with Crippen molar-refractivity contribution in [1.82, 2.24) is 0 Å². The lowest BCUT2D eigenvalue weighted by Crippen LogP contribution is -2.19. The summed E-state index contributed by atoms with van der Waals surface area (Å²) in [7, 11) is 0. The summed E-state index contributed by atoms with van der Waals surface area (Å²) in [6.07, 6.45) is 1.88. The number of halogens is 2. The van der Waals surface area contributed by atoms with Crippen molar-refractivity contribution >= 4 is 5.78 Å². The average molecular weight is 240 g/mol. The molecule has 1 aromatic rings. The van der Waals surface area contributed by atoms with Crippen LogP contribution in [0.3, 0.4) is 0 Å². The van der Waals surface area contributed by atoms with Gasteiger partial charge in [0.2, 0.25) is 0 Å². The van der Waals surface area contributed by atoms with E-state index in [4.69, 9.17) is 4.74 Å². The summed E-state index contributed by atoms with van der Waals surface area (Å²) in [5, 5.41) is 0. The Hall–Kier alpha value is -1.29. The highest BCUT2D eigenvalue weighted by Crippen LogP contribution is 2.22. The third-order valence-corrected chi connectivity index (χ3v) is 3.07. The Morgan fingerprint density at radius 3 is 2.71 bits per heavy atom. The number of carbonyl (C=O) groups excluding carboxylic acids is 1. The Labute approximate surface area is 98.6 Å². The Morgan fingerprint density at radius 1 is 1.29 bits per heavy atom. The molecule has 0 amide bonds. The Morgan fingerprint density at radius 2 is 2.00 bits per heavy atom. The molecule has 0 spiro atoms. The number of hydrogen-bond donors (Lipinski definition) is 0. The number of benzene rings is 1. The summed E-state index contributed by atoms with van der Waals surface area (Å²) >= 11 is 0. The fourth-order valence-corrected chi connectivity index (χ4v) is 2.04. The van der Waals surface area contributed by atoms with Gasteiger partial charge in [0.25, 0.3) is 0 Å². The second-order valence-electron chi connectivity index (χ2n) is 4.28. The van der Waals surface area contributed by atoms with Crippen LogP contribution in [0.5, 0.6) is 0 Å². The first-order valence-corrected chi connectivity index (χ1v) is 5.73. The minimum atomic E-state index is -1.04. The maximum Gasteiger partial charge on any atom is 0.169 e.